The number of carbonyl (C=O) groups excluding carboxylic acids is 1. The predicted molar refractivity (Wildman–Crippen MR) is 143 cm³/mol. The lowest BCUT2D eigenvalue weighted by molar-refractivity contribution is 0.0854. The maximum atomic E-state index is 13.2. The lowest BCUT2D eigenvalue weighted by atomic mass is 9.93. The average molecular weight is 499 g/mol. The zero-order valence-corrected chi connectivity index (χ0v) is 20.4. The van der Waals surface area contributed by atoms with Crippen LogP contribution in [0.1, 0.15) is 35.4 Å². The minimum absolute atomic E-state index is 0.0222. The van der Waals surface area contributed by atoms with Crippen molar-refractivity contribution in [1.29, 1.82) is 0 Å². The Labute approximate surface area is 211 Å². The molecule has 8 heteroatoms. The monoisotopic (exact) mass is 498 g/mol. The van der Waals surface area contributed by atoms with Crippen molar-refractivity contribution in [3.63, 3.8) is 0 Å². The fraction of sp³-hybridized carbons (Fsp3) is 0.214. The van der Waals surface area contributed by atoms with Gasteiger partial charge in [0, 0.05) is 17.9 Å². The molecule has 0 bridgehead atoms. The zero-order chi connectivity index (χ0) is 24.6. The molecule has 0 aliphatic heterocycles. The number of H-pyrrole nitrogens is 1. The number of pyridine rings is 1. The first-order valence-electron chi connectivity index (χ1n) is 12.1. The van der Waals surface area contributed by atoms with Crippen molar-refractivity contribution in [3.05, 3.63) is 77.2 Å². The van der Waals surface area contributed by atoms with Gasteiger partial charge >= 0.3 is 0 Å². The molecule has 1 aliphatic carbocycles. The van der Waals surface area contributed by atoms with Gasteiger partial charge in [-0.05, 0) is 68.1 Å². The van der Waals surface area contributed by atoms with E-state index in [0.29, 0.717) is 16.8 Å². The van der Waals surface area contributed by atoms with Gasteiger partial charge in [-0.15, -0.1) is 11.3 Å². The van der Waals surface area contributed by atoms with E-state index in [-0.39, 0.29) is 18.1 Å². The number of amides is 1. The summed E-state index contributed by atoms with van der Waals surface area (Å²) in [6.07, 6.45) is 4.59. The predicted octanol–water partition coefficient (Wildman–Crippen LogP) is 5.09. The number of aliphatic hydroxyl groups is 1. The molecule has 0 spiro atoms. The molecule has 5 aromatic rings. The minimum Gasteiger partial charge on any atom is -0.457 e. The van der Waals surface area contributed by atoms with Gasteiger partial charge in [0.1, 0.15) is 26.7 Å². The first-order chi connectivity index (χ1) is 17.6. The van der Waals surface area contributed by atoms with E-state index in [1.165, 1.54) is 11.3 Å². The Morgan fingerprint density at radius 2 is 1.89 bits per heavy atom. The number of ether oxygens (including phenoxy) is 1. The normalized spacial score (nSPS) is 17.9. The summed E-state index contributed by atoms with van der Waals surface area (Å²) in [6, 6.07) is 19.4. The van der Waals surface area contributed by atoms with Crippen LogP contribution in [0, 0.1) is 0 Å². The number of benzene rings is 2. The number of para-hydroxylation sites is 1. The van der Waals surface area contributed by atoms with E-state index in [2.05, 4.69) is 21.9 Å². The third-order valence-electron chi connectivity index (χ3n) is 6.61. The molecule has 1 aliphatic rings. The molecule has 1 amide bonds. The van der Waals surface area contributed by atoms with Crippen molar-refractivity contribution in [3.8, 4) is 17.2 Å². The third kappa shape index (κ3) is 4.19. The first kappa shape index (κ1) is 22.6. The van der Waals surface area contributed by atoms with Crippen LogP contribution in [-0.2, 0) is 0 Å². The second-order valence-electron chi connectivity index (χ2n) is 9.12. The molecular formula is C28H26N4O3S. The fourth-order valence-electron chi connectivity index (χ4n) is 4.95. The van der Waals surface area contributed by atoms with Gasteiger partial charge in [0.15, 0.2) is 0 Å². The quantitative estimate of drug-likeness (QED) is 0.315. The van der Waals surface area contributed by atoms with Crippen molar-refractivity contribution in [1.82, 2.24) is 19.9 Å². The van der Waals surface area contributed by atoms with Gasteiger partial charge in [-0.2, -0.15) is 0 Å². The van der Waals surface area contributed by atoms with E-state index >= 15 is 0 Å². The van der Waals surface area contributed by atoms with E-state index in [0.717, 1.165) is 57.7 Å². The number of nitrogens with one attached hydrogen (secondary N) is 2. The second kappa shape index (κ2) is 9.29. The average Bonchev–Trinajstić information content (AvgIpc) is 3.25. The third-order valence-corrected chi connectivity index (χ3v) is 7.71. The molecule has 3 N–H and O–H groups in total. The van der Waals surface area contributed by atoms with Gasteiger partial charge in [-0.3, -0.25) is 9.36 Å². The first-order valence-corrected chi connectivity index (χ1v) is 12.9. The highest BCUT2D eigenvalue weighted by Gasteiger charge is 2.25. The van der Waals surface area contributed by atoms with E-state index in [1.54, 1.807) is 6.20 Å². The SMILES string of the molecule is C=c1[nH]c2c(C(=O)NC3CCC[C@@H](O)C3)sc3nccc(c32)n1-c1ccc(Oc2ccccc2)cc1. The Hall–Kier alpha value is -3.88. The molecule has 6 rings (SSSR count). The van der Waals surface area contributed by atoms with Crippen LogP contribution in [0.5, 0.6) is 11.5 Å². The number of carbonyl (C=O) groups is 1. The molecule has 1 unspecified atom stereocenters. The topological polar surface area (TPSA) is 92.2 Å². The van der Waals surface area contributed by atoms with E-state index in [1.807, 2.05) is 65.2 Å². The number of aromatic amines is 1. The Morgan fingerprint density at radius 1 is 1.11 bits per heavy atom. The smallest absolute Gasteiger partial charge is 0.263 e. The maximum Gasteiger partial charge on any atom is 0.263 e. The highest BCUT2D eigenvalue weighted by Crippen LogP contribution is 2.34. The summed E-state index contributed by atoms with van der Waals surface area (Å²) in [7, 11) is 0. The Bertz CT molecular complexity index is 1600. The molecule has 3 aromatic heterocycles. The van der Waals surface area contributed by atoms with E-state index < -0.39 is 0 Å². The molecule has 7 nitrogen and oxygen atoms in total. The minimum atomic E-state index is -0.353. The molecule has 0 saturated heterocycles. The number of hydrogen-bond donors (Lipinski definition) is 3. The molecule has 2 aromatic carbocycles. The Morgan fingerprint density at radius 3 is 2.67 bits per heavy atom. The van der Waals surface area contributed by atoms with E-state index in [4.69, 9.17) is 4.74 Å². The van der Waals surface area contributed by atoms with Gasteiger partial charge in [0.05, 0.1) is 22.5 Å². The van der Waals surface area contributed by atoms with Gasteiger partial charge in [-0.1, -0.05) is 24.8 Å². The standard InChI is InChI=1S/C28H26N4O3S/c1-17-30-25-24-23(32(17)19-10-12-22(13-11-19)35-21-8-3-2-4-9-21)14-15-29-28(24)36-26(25)27(34)31-18-6-5-7-20(33)16-18/h2-4,8-15,18,20,30,33H,1,5-7,16H2,(H,31,34)/t18?,20-/m1/s1. The summed E-state index contributed by atoms with van der Waals surface area (Å²) in [4.78, 5) is 22.5. The van der Waals surface area contributed by atoms with Crippen LogP contribution in [0.25, 0.3) is 33.5 Å². The van der Waals surface area contributed by atoms with Gasteiger partial charge in [0.25, 0.3) is 5.91 Å². The van der Waals surface area contributed by atoms with Gasteiger partial charge in [0.2, 0.25) is 0 Å². The summed E-state index contributed by atoms with van der Waals surface area (Å²) in [6.45, 7) is 4.26. The van der Waals surface area contributed by atoms with Crippen LogP contribution >= 0.6 is 11.3 Å². The molecule has 1 fully saturated rings. The number of aromatic nitrogens is 3. The van der Waals surface area contributed by atoms with Crippen molar-refractivity contribution in [2.45, 2.75) is 37.8 Å². The lowest BCUT2D eigenvalue weighted by Crippen LogP contribution is -2.39. The summed E-state index contributed by atoms with van der Waals surface area (Å²) in [5.41, 5.74) is 3.21. The molecule has 36 heavy (non-hydrogen) atoms. The van der Waals surface area contributed by atoms with Crippen LogP contribution in [0.15, 0.2) is 66.9 Å². The van der Waals surface area contributed by atoms with Crippen LogP contribution in [0.2, 0.25) is 0 Å². The summed E-state index contributed by atoms with van der Waals surface area (Å²) < 4.78 is 7.96. The van der Waals surface area contributed by atoms with Crippen LogP contribution in [0.4, 0.5) is 0 Å². The fourth-order valence-corrected chi connectivity index (χ4v) is 5.97. The summed E-state index contributed by atoms with van der Waals surface area (Å²) in [5.74, 6) is 1.37. The molecule has 1 saturated carbocycles. The maximum absolute atomic E-state index is 13.2. The molecule has 2 atom stereocenters. The van der Waals surface area contributed by atoms with Gasteiger partial charge < -0.3 is 20.1 Å². The Kier molecular flexibility index (Phi) is 5.83. The van der Waals surface area contributed by atoms with Crippen LogP contribution in [-0.4, -0.2) is 37.7 Å². The van der Waals surface area contributed by atoms with Gasteiger partial charge in [-0.25, -0.2) is 4.98 Å². The number of aliphatic hydroxyl groups excluding tert-OH is 1. The lowest BCUT2D eigenvalue weighted by Gasteiger charge is -2.26. The van der Waals surface area contributed by atoms with Crippen molar-refractivity contribution >= 4 is 45.1 Å². The molecule has 182 valence electrons. The molecule has 0 radical (unpaired) electrons. The molecule has 3 heterocycles. The van der Waals surface area contributed by atoms with Crippen molar-refractivity contribution in [2.24, 2.45) is 0 Å². The number of thiophene rings is 1. The van der Waals surface area contributed by atoms with Crippen molar-refractivity contribution in [2.75, 3.05) is 0 Å². The highest BCUT2D eigenvalue weighted by atomic mass is 32.1. The zero-order valence-electron chi connectivity index (χ0n) is 19.6. The summed E-state index contributed by atoms with van der Waals surface area (Å²) >= 11 is 1.37. The van der Waals surface area contributed by atoms with E-state index in [9.17, 15) is 9.90 Å². The van der Waals surface area contributed by atoms with Crippen LogP contribution in [0.3, 0.4) is 0 Å². The second-order valence-corrected chi connectivity index (χ2v) is 10.1. The largest absolute Gasteiger partial charge is 0.457 e. The Balaban J connectivity index is 1.36. The molecular weight excluding hydrogens is 472 g/mol. The van der Waals surface area contributed by atoms with Crippen molar-refractivity contribution < 1.29 is 14.6 Å². The highest BCUT2D eigenvalue weighted by molar-refractivity contribution is 7.21. The van der Waals surface area contributed by atoms with Crippen LogP contribution < -0.4 is 15.5 Å². The number of rotatable bonds is 5. The number of nitrogens with zero attached hydrogens (tertiary/aromatic N) is 2. The summed E-state index contributed by atoms with van der Waals surface area (Å²) in [5, 5.41) is 14.0. The number of hydrogen-bond acceptors (Lipinski definition) is 5.